The number of halogens is 3. The Morgan fingerprint density at radius 2 is 2.16 bits per heavy atom. The van der Waals surface area contributed by atoms with Gasteiger partial charge in [-0.25, -0.2) is 0 Å². The van der Waals surface area contributed by atoms with Gasteiger partial charge in [0.15, 0.2) is 0 Å². The quantitative estimate of drug-likeness (QED) is 0.817. The Kier molecular flexibility index (Phi) is 5.54. The van der Waals surface area contributed by atoms with Crippen molar-refractivity contribution in [1.29, 1.82) is 0 Å². The Balaban J connectivity index is 2.67. The van der Waals surface area contributed by atoms with E-state index in [9.17, 15) is 13.6 Å². The first kappa shape index (κ1) is 15.7. The highest BCUT2D eigenvalue weighted by Crippen LogP contribution is 2.17. The highest BCUT2D eigenvalue weighted by atomic mass is 35.5. The largest absolute Gasteiger partial charge is 0.435 e. The first-order valence-electron chi connectivity index (χ1n) is 5.73. The van der Waals surface area contributed by atoms with Gasteiger partial charge < -0.3 is 10.1 Å². The molecule has 1 N–H and O–H groups in total. The van der Waals surface area contributed by atoms with Crippen molar-refractivity contribution in [3.63, 3.8) is 0 Å². The molecule has 3 nitrogen and oxygen atoms in total. The number of hydrogen-bond donors (Lipinski definition) is 1. The minimum Gasteiger partial charge on any atom is -0.435 e. The minimum atomic E-state index is -2.91. The third-order valence-electron chi connectivity index (χ3n) is 2.41. The summed E-state index contributed by atoms with van der Waals surface area (Å²) in [5, 5.41) is 2.70. The molecule has 1 amide bonds. The first-order chi connectivity index (χ1) is 8.84. The molecule has 0 saturated heterocycles. The summed E-state index contributed by atoms with van der Waals surface area (Å²) in [5.41, 5.74) is 0.0393. The average molecular weight is 292 g/mol. The molecule has 0 radical (unpaired) electrons. The molecule has 0 aliphatic carbocycles. The van der Waals surface area contributed by atoms with Crippen LogP contribution in [0.25, 0.3) is 0 Å². The Bertz CT molecular complexity index is 438. The van der Waals surface area contributed by atoms with Crippen LogP contribution in [0.4, 0.5) is 8.78 Å². The van der Waals surface area contributed by atoms with Gasteiger partial charge in [0.05, 0.1) is 0 Å². The number of amides is 1. The molecule has 6 heteroatoms. The van der Waals surface area contributed by atoms with Crippen molar-refractivity contribution in [1.82, 2.24) is 5.32 Å². The van der Waals surface area contributed by atoms with Crippen molar-refractivity contribution < 1.29 is 18.3 Å². The number of carbonyl (C=O) groups excluding carboxylic acids is 1. The molecular formula is C13H16ClF2NO2. The molecular weight excluding hydrogens is 276 g/mol. The summed E-state index contributed by atoms with van der Waals surface area (Å²) < 4.78 is 28.4. The first-order valence-corrected chi connectivity index (χ1v) is 6.26. The van der Waals surface area contributed by atoms with Gasteiger partial charge in [-0.1, -0.05) is 19.9 Å². The Hall–Kier alpha value is -1.36. The lowest BCUT2D eigenvalue weighted by Gasteiger charge is -2.21. The topological polar surface area (TPSA) is 38.3 Å². The fourth-order valence-corrected chi connectivity index (χ4v) is 1.38. The van der Waals surface area contributed by atoms with E-state index < -0.39 is 6.61 Å². The molecule has 0 aliphatic heterocycles. The Morgan fingerprint density at radius 1 is 1.47 bits per heavy atom. The zero-order chi connectivity index (χ0) is 14.5. The van der Waals surface area contributed by atoms with Crippen molar-refractivity contribution in [3.05, 3.63) is 29.8 Å². The van der Waals surface area contributed by atoms with Crippen LogP contribution < -0.4 is 10.1 Å². The molecule has 0 fully saturated rings. The highest BCUT2D eigenvalue weighted by molar-refractivity contribution is 6.18. The van der Waals surface area contributed by atoms with Crippen LogP contribution in [0, 0.1) is 5.41 Å². The van der Waals surface area contributed by atoms with Crippen molar-refractivity contribution >= 4 is 17.5 Å². The smallest absolute Gasteiger partial charge is 0.387 e. The fourth-order valence-electron chi connectivity index (χ4n) is 1.28. The predicted molar refractivity (Wildman–Crippen MR) is 69.9 cm³/mol. The molecule has 106 valence electrons. The molecule has 0 unspecified atom stereocenters. The second kappa shape index (κ2) is 6.70. The number of rotatable bonds is 6. The van der Waals surface area contributed by atoms with Gasteiger partial charge in [-0.2, -0.15) is 8.78 Å². The molecule has 1 aromatic carbocycles. The molecule has 0 saturated carbocycles. The van der Waals surface area contributed by atoms with Gasteiger partial charge in [0, 0.05) is 18.0 Å². The summed E-state index contributed by atoms with van der Waals surface area (Å²) in [5.74, 6) is 0.0131. The van der Waals surface area contributed by atoms with Crippen LogP contribution in [0.1, 0.15) is 24.2 Å². The third kappa shape index (κ3) is 5.42. The molecule has 1 aromatic rings. The van der Waals surface area contributed by atoms with Crippen LogP contribution in [0.15, 0.2) is 24.3 Å². The molecule has 1 rings (SSSR count). The van der Waals surface area contributed by atoms with Crippen LogP contribution in [-0.2, 0) is 0 Å². The predicted octanol–water partition coefficient (Wildman–Crippen LogP) is 3.28. The van der Waals surface area contributed by atoms with Gasteiger partial charge in [-0.3, -0.25) is 4.79 Å². The molecule has 0 atom stereocenters. The minimum absolute atomic E-state index is 0.0424. The number of nitrogens with one attached hydrogen (secondary N) is 1. The number of alkyl halides is 3. The summed E-state index contributed by atoms with van der Waals surface area (Å²) in [6, 6.07) is 5.65. The lowest BCUT2D eigenvalue weighted by atomic mass is 9.96. The summed E-state index contributed by atoms with van der Waals surface area (Å²) in [7, 11) is 0. The standard InChI is InChI=1S/C13H16ClF2NO2/c1-13(2,7-14)8-17-11(18)9-4-3-5-10(6-9)19-12(15)16/h3-6,12H,7-8H2,1-2H3,(H,17,18). The number of benzene rings is 1. The van der Waals surface area contributed by atoms with E-state index in [0.717, 1.165) is 0 Å². The molecule has 0 spiro atoms. The van der Waals surface area contributed by atoms with E-state index >= 15 is 0 Å². The molecule has 0 bridgehead atoms. The maximum atomic E-state index is 12.1. The fraction of sp³-hybridized carbons (Fsp3) is 0.462. The lowest BCUT2D eigenvalue weighted by Crippen LogP contribution is -2.34. The summed E-state index contributed by atoms with van der Waals surface area (Å²) in [6.45, 7) is 1.32. The van der Waals surface area contributed by atoms with Gasteiger partial charge in [0.25, 0.3) is 5.91 Å². The second-order valence-corrected chi connectivity index (χ2v) is 5.15. The van der Waals surface area contributed by atoms with Gasteiger partial charge in [-0.15, -0.1) is 11.6 Å². The van der Waals surface area contributed by atoms with Crippen molar-refractivity contribution in [2.75, 3.05) is 12.4 Å². The average Bonchev–Trinajstić information content (AvgIpc) is 2.35. The van der Waals surface area contributed by atoms with E-state index in [1.54, 1.807) is 0 Å². The van der Waals surface area contributed by atoms with Crippen LogP contribution in [0.3, 0.4) is 0 Å². The van der Waals surface area contributed by atoms with E-state index in [0.29, 0.717) is 12.4 Å². The van der Waals surface area contributed by atoms with Gasteiger partial charge in [0.2, 0.25) is 0 Å². The normalized spacial score (nSPS) is 11.5. The van der Waals surface area contributed by atoms with Crippen molar-refractivity contribution in [2.45, 2.75) is 20.5 Å². The van der Waals surface area contributed by atoms with Gasteiger partial charge in [-0.05, 0) is 23.6 Å². The van der Waals surface area contributed by atoms with E-state index in [1.807, 2.05) is 13.8 Å². The highest BCUT2D eigenvalue weighted by Gasteiger charge is 2.18. The van der Waals surface area contributed by atoms with Crippen LogP contribution in [0.5, 0.6) is 5.75 Å². The maximum Gasteiger partial charge on any atom is 0.387 e. The Labute approximate surface area is 115 Å². The molecule has 0 heterocycles. The second-order valence-electron chi connectivity index (χ2n) is 4.89. The van der Waals surface area contributed by atoms with Crippen molar-refractivity contribution in [2.24, 2.45) is 5.41 Å². The summed E-state index contributed by atoms with van der Waals surface area (Å²) in [6.07, 6.45) is 0. The molecule has 0 aromatic heterocycles. The monoisotopic (exact) mass is 291 g/mol. The lowest BCUT2D eigenvalue weighted by molar-refractivity contribution is -0.0498. The van der Waals surface area contributed by atoms with E-state index in [-0.39, 0.29) is 22.6 Å². The van der Waals surface area contributed by atoms with Crippen molar-refractivity contribution in [3.8, 4) is 5.75 Å². The SMILES string of the molecule is CC(C)(CCl)CNC(=O)c1cccc(OC(F)F)c1. The van der Waals surface area contributed by atoms with E-state index in [1.165, 1.54) is 24.3 Å². The molecule has 0 aliphatic rings. The van der Waals surface area contributed by atoms with Crippen LogP contribution in [0.2, 0.25) is 0 Å². The van der Waals surface area contributed by atoms with E-state index in [4.69, 9.17) is 11.6 Å². The number of carbonyl (C=O) groups is 1. The molecule has 19 heavy (non-hydrogen) atoms. The maximum absolute atomic E-state index is 12.1. The Morgan fingerprint density at radius 3 is 2.74 bits per heavy atom. The number of hydrogen-bond acceptors (Lipinski definition) is 2. The van der Waals surface area contributed by atoms with Gasteiger partial charge in [0.1, 0.15) is 5.75 Å². The number of ether oxygens (including phenoxy) is 1. The van der Waals surface area contributed by atoms with Crippen LogP contribution in [-0.4, -0.2) is 24.9 Å². The zero-order valence-corrected chi connectivity index (χ0v) is 11.5. The summed E-state index contributed by atoms with van der Waals surface area (Å²) >= 11 is 5.75. The van der Waals surface area contributed by atoms with Gasteiger partial charge >= 0.3 is 6.61 Å². The van der Waals surface area contributed by atoms with E-state index in [2.05, 4.69) is 10.1 Å². The van der Waals surface area contributed by atoms with Crippen LogP contribution >= 0.6 is 11.6 Å². The zero-order valence-electron chi connectivity index (χ0n) is 10.8. The third-order valence-corrected chi connectivity index (χ3v) is 3.13. The summed E-state index contributed by atoms with van der Waals surface area (Å²) in [4.78, 5) is 11.8.